The second kappa shape index (κ2) is 8.37. The highest BCUT2D eigenvalue weighted by Gasteiger charge is 2.68. The summed E-state index contributed by atoms with van der Waals surface area (Å²) in [5, 5.41) is 1.01. The van der Waals surface area contributed by atoms with Crippen LogP contribution >= 0.6 is 35.0 Å². The lowest BCUT2D eigenvalue weighted by atomic mass is 10.1. The van der Waals surface area contributed by atoms with E-state index >= 15 is 0 Å². The van der Waals surface area contributed by atoms with Crippen LogP contribution in [-0.2, 0) is 21.0 Å². The Morgan fingerprint density at radius 3 is 2.25 bits per heavy atom. The SMILES string of the molecule is O=C1[C@@H]2CS[C@]3(C(=O)N(C(=O)c4ccc(Cl)cc4)c4ccccc43)N2C(=O)N1Cc1ccc(Cl)cc1. The number of anilines is 1. The zero-order valence-corrected chi connectivity index (χ0v) is 20.9. The van der Waals surface area contributed by atoms with Crippen molar-refractivity contribution in [1.82, 2.24) is 9.80 Å². The standard InChI is InChI=1S/C26H17Cl2N3O4S/c27-17-9-5-15(6-10-17)13-29-23(33)21-14-36-26(31(21)25(29)35)19-3-1-2-4-20(19)30(24(26)34)22(32)16-7-11-18(28)12-8-16/h1-12,21H,13-14H2/t21-,26+/m0/s1. The van der Waals surface area contributed by atoms with Crippen molar-refractivity contribution in [3.63, 3.8) is 0 Å². The van der Waals surface area contributed by atoms with Crippen molar-refractivity contribution >= 4 is 64.4 Å². The van der Waals surface area contributed by atoms with Crippen LogP contribution in [0.5, 0.6) is 0 Å². The van der Waals surface area contributed by atoms with Gasteiger partial charge in [-0.2, -0.15) is 0 Å². The molecular formula is C26H17Cl2N3O4S. The van der Waals surface area contributed by atoms with E-state index in [0.29, 0.717) is 21.3 Å². The van der Waals surface area contributed by atoms with Crippen LogP contribution < -0.4 is 4.90 Å². The van der Waals surface area contributed by atoms with Gasteiger partial charge in [-0.1, -0.05) is 53.5 Å². The van der Waals surface area contributed by atoms with E-state index in [9.17, 15) is 19.2 Å². The van der Waals surface area contributed by atoms with Crippen LogP contribution in [0.15, 0.2) is 72.8 Å². The molecule has 7 nitrogen and oxygen atoms in total. The molecule has 2 fully saturated rings. The molecule has 2 saturated heterocycles. The maximum atomic E-state index is 14.1. The fourth-order valence-corrected chi connectivity index (χ4v) is 6.79. The highest BCUT2D eigenvalue weighted by Crippen LogP contribution is 2.57. The Hall–Kier alpha value is -3.33. The minimum absolute atomic E-state index is 0.0613. The molecule has 10 heteroatoms. The predicted octanol–water partition coefficient (Wildman–Crippen LogP) is 4.91. The van der Waals surface area contributed by atoms with E-state index in [1.807, 2.05) is 0 Å². The first kappa shape index (κ1) is 23.1. The van der Waals surface area contributed by atoms with Gasteiger partial charge < -0.3 is 0 Å². The average Bonchev–Trinajstić information content (AvgIpc) is 3.47. The van der Waals surface area contributed by atoms with Crippen molar-refractivity contribution in [2.24, 2.45) is 0 Å². The number of rotatable bonds is 3. The Morgan fingerprint density at radius 2 is 1.56 bits per heavy atom. The largest absolute Gasteiger partial charge is 0.329 e. The maximum absolute atomic E-state index is 14.1. The van der Waals surface area contributed by atoms with Crippen molar-refractivity contribution in [3.05, 3.63) is 99.5 Å². The normalized spacial score (nSPS) is 22.6. The Kier molecular flexibility index (Phi) is 5.37. The molecule has 3 aliphatic rings. The number of amides is 5. The van der Waals surface area contributed by atoms with Gasteiger partial charge in [-0.15, -0.1) is 11.8 Å². The molecule has 6 rings (SSSR count). The number of imide groups is 2. The molecule has 0 aromatic heterocycles. The summed E-state index contributed by atoms with van der Waals surface area (Å²) >= 11 is 13.1. The van der Waals surface area contributed by atoms with Gasteiger partial charge in [-0.05, 0) is 48.0 Å². The lowest BCUT2D eigenvalue weighted by Crippen LogP contribution is -2.52. The maximum Gasteiger partial charge on any atom is 0.329 e. The fraction of sp³-hybridized carbons (Fsp3) is 0.154. The van der Waals surface area contributed by atoms with Crippen molar-refractivity contribution in [2.75, 3.05) is 10.7 Å². The highest BCUT2D eigenvalue weighted by molar-refractivity contribution is 8.01. The van der Waals surface area contributed by atoms with Gasteiger partial charge in [0, 0.05) is 26.9 Å². The third-order valence-corrected chi connectivity index (χ3v) is 8.64. The van der Waals surface area contributed by atoms with Crippen molar-refractivity contribution in [2.45, 2.75) is 17.5 Å². The van der Waals surface area contributed by atoms with Gasteiger partial charge in [-0.3, -0.25) is 24.2 Å². The molecular weight excluding hydrogens is 521 g/mol. The van der Waals surface area contributed by atoms with Crippen molar-refractivity contribution in [1.29, 1.82) is 0 Å². The summed E-state index contributed by atoms with van der Waals surface area (Å²) in [7, 11) is 0. The van der Waals surface area contributed by atoms with Gasteiger partial charge >= 0.3 is 6.03 Å². The number of nitrogens with zero attached hydrogens (tertiary/aromatic N) is 3. The Bertz CT molecular complexity index is 1450. The summed E-state index contributed by atoms with van der Waals surface area (Å²) < 4.78 is 0. The summed E-state index contributed by atoms with van der Waals surface area (Å²) in [6, 6.07) is 18.7. The van der Waals surface area contributed by atoms with Gasteiger partial charge in [0.05, 0.1) is 12.2 Å². The number of fused-ring (bicyclic) bond motifs is 4. The second-order valence-corrected chi connectivity index (χ2v) is 10.7. The van der Waals surface area contributed by atoms with Crippen LogP contribution in [0, 0.1) is 0 Å². The number of thioether (sulfide) groups is 1. The number of halogens is 2. The minimum Gasteiger partial charge on any atom is -0.284 e. The predicted molar refractivity (Wildman–Crippen MR) is 137 cm³/mol. The first-order valence-electron chi connectivity index (χ1n) is 11.1. The zero-order valence-electron chi connectivity index (χ0n) is 18.6. The van der Waals surface area contributed by atoms with Crippen LogP contribution in [0.4, 0.5) is 10.5 Å². The molecule has 3 aromatic carbocycles. The number of carbonyl (C=O) groups is 4. The monoisotopic (exact) mass is 537 g/mol. The summed E-state index contributed by atoms with van der Waals surface area (Å²) in [6.07, 6.45) is 0. The lowest BCUT2D eigenvalue weighted by Gasteiger charge is -2.31. The molecule has 0 radical (unpaired) electrons. The molecule has 1 spiro atoms. The van der Waals surface area contributed by atoms with Crippen molar-refractivity contribution < 1.29 is 19.2 Å². The van der Waals surface area contributed by atoms with Gasteiger partial charge in [0.25, 0.3) is 17.7 Å². The van der Waals surface area contributed by atoms with E-state index < -0.39 is 28.8 Å². The third kappa shape index (κ3) is 3.21. The number of urea groups is 1. The number of hydrogen-bond donors (Lipinski definition) is 0. The molecule has 3 aromatic rings. The highest BCUT2D eigenvalue weighted by atomic mass is 35.5. The Labute approximate surface area is 220 Å². The molecule has 2 atom stereocenters. The molecule has 0 aliphatic carbocycles. The first-order valence-corrected chi connectivity index (χ1v) is 12.8. The van der Waals surface area contributed by atoms with E-state index in [4.69, 9.17) is 23.2 Å². The first-order chi connectivity index (χ1) is 17.3. The van der Waals surface area contributed by atoms with Crippen LogP contribution in [-0.4, -0.2) is 45.3 Å². The third-order valence-electron chi connectivity index (χ3n) is 6.64. The number of carbonyl (C=O) groups excluding carboxylic acids is 4. The van der Waals surface area contributed by atoms with E-state index in [1.165, 1.54) is 16.7 Å². The van der Waals surface area contributed by atoms with E-state index in [1.54, 1.807) is 72.8 Å². The van der Waals surface area contributed by atoms with E-state index in [0.717, 1.165) is 15.4 Å². The van der Waals surface area contributed by atoms with E-state index in [-0.39, 0.29) is 23.8 Å². The summed E-state index contributed by atoms with van der Waals surface area (Å²) in [5.74, 6) is -1.22. The summed E-state index contributed by atoms with van der Waals surface area (Å²) in [6.45, 7) is 0.0613. The van der Waals surface area contributed by atoms with Crippen LogP contribution in [0.25, 0.3) is 0 Å². The molecule has 0 unspecified atom stereocenters. The van der Waals surface area contributed by atoms with Crippen molar-refractivity contribution in [3.8, 4) is 0 Å². The summed E-state index contributed by atoms with van der Waals surface area (Å²) in [4.78, 5) is 56.7. The second-order valence-electron chi connectivity index (χ2n) is 8.64. The van der Waals surface area contributed by atoms with Crippen LogP contribution in [0.1, 0.15) is 21.5 Å². The van der Waals surface area contributed by atoms with Gasteiger partial charge in [-0.25, -0.2) is 9.69 Å². The molecule has 0 saturated carbocycles. The Balaban J connectivity index is 1.40. The van der Waals surface area contributed by atoms with Gasteiger partial charge in [0.15, 0.2) is 4.87 Å². The Morgan fingerprint density at radius 1 is 0.917 bits per heavy atom. The quantitative estimate of drug-likeness (QED) is 0.350. The topological polar surface area (TPSA) is 78.0 Å². The average molecular weight is 538 g/mol. The number of benzene rings is 3. The van der Waals surface area contributed by atoms with E-state index in [2.05, 4.69) is 0 Å². The smallest absolute Gasteiger partial charge is 0.284 e. The molecule has 0 bridgehead atoms. The van der Waals surface area contributed by atoms with Crippen LogP contribution in [0.3, 0.4) is 0 Å². The minimum atomic E-state index is -1.51. The number of para-hydroxylation sites is 1. The molecule has 5 amide bonds. The number of hydrogen-bond acceptors (Lipinski definition) is 5. The van der Waals surface area contributed by atoms with Gasteiger partial charge in [0.1, 0.15) is 6.04 Å². The summed E-state index contributed by atoms with van der Waals surface area (Å²) in [5.41, 5.74) is 1.93. The molecule has 3 heterocycles. The molecule has 180 valence electrons. The lowest BCUT2D eigenvalue weighted by molar-refractivity contribution is -0.128. The van der Waals surface area contributed by atoms with Crippen LogP contribution in [0.2, 0.25) is 10.0 Å². The fourth-order valence-electron chi connectivity index (χ4n) is 4.96. The molecule has 36 heavy (non-hydrogen) atoms. The zero-order chi connectivity index (χ0) is 25.2. The van der Waals surface area contributed by atoms with Gasteiger partial charge in [0.2, 0.25) is 0 Å². The molecule has 3 aliphatic heterocycles. The molecule has 0 N–H and O–H groups in total.